The van der Waals surface area contributed by atoms with Gasteiger partial charge in [0.1, 0.15) is 0 Å². The summed E-state index contributed by atoms with van der Waals surface area (Å²) in [5.74, 6) is -0.0483. The molecule has 1 rings (SSSR count). The Morgan fingerprint density at radius 2 is 2.05 bits per heavy atom. The molecule has 0 bridgehead atoms. The molecule has 0 saturated heterocycles. The summed E-state index contributed by atoms with van der Waals surface area (Å²) < 4.78 is 26.0. The second-order valence-electron chi connectivity index (χ2n) is 4.48. The van der Waals surface area contributed by atoms with Crippen LogP contribution < -0.4 is 10.0 Å². The molecule has 0 aromatic heterocycles. The van der Waals surface area contributed by atoms with Crippen molar-refractivity contribution in [1.82, 2.24) is 10.0 Å². The van der Waals surface area contributed by atoms with E-state index in [2.05, 4.69) is 10.0 Å². The van der Waals surface area contributed by atoms with Crippen LogP contribution in [0.5, 0.6) is 0 Å². The van der Waals surface area contributed by atoms with E-state index in [-0.39, 0.29) is 17.3 Å². The van der Waals surface area contributed by atoms with Crippen molar-refractivity contribution in [2.75, 3.05) is 13.1 Å². The van der Waals surface area contributed by atoms with E-state index in [1.54, 1.807) is 6.07 Å². The van der Waals surface area contributed by atoms with E-state index in [4.69, 9.17) is 11.6 Å². The minimum absolute atomic E-state index is 0.0386. The van der Waals surface area contributed by atoms with E-state index < -0.39 is 10.0 Å². The van der Waals surface area contributed by atoms with Gasteiger partial charge in [0, 0.05) is 11.6 Å². The minimum Gasteiger partial charge on any atom is -0.355 e. The van der Waals surface area contributed by atoms with Crippen molar-refractivity contribution in [3.63, 3.8) is 0 Å². The van der Waals surface area contributed by atoms with Gasteiger partial charge in [0.15, 0.2) is 0 Å². The highest BCUT2D eigenvalue weighted by Crippen LogP contribution is 2.14. The lowest BCUT2D eigenvalue weighted by atomic mass is 10.2. The SMILES string of the molecule is CC(C)CNC(=O)CNS(=O)(=O)c1cccc(Cl)c1. The van der Waals surface area contributed by atoms with Crippen LogP contribution in [0.15, 0.2) is 29.2 Å². The van der Waals surface area contributed by atoms with Crippen LogP contribution in [-0.4, -0.2) is 27.4 Å². The molecule has 2 N–H and O–H groups in total. The Labute approximate surface area is 118 Å². The van der Waals surface area contributed by atoms with Crippen LogP contribution in [0.4, 0.5) is 0 Å². The third kappa shape index (κ3) is 5.59. The molecule has 7 heteroatoms. The number of carbonyl (C=O) groups excluding carboxylic acids is 1. The van der Waals surface area contributed by atoms with Crippen LogP contribution in [0.2, 0.25) is 5.02 Å². The zero-order valence-electron chi connectivity index (χ0n) is 10.8. The van der Waals surface area contributed by atoms with Gasteiger partial charge in [0.2, 0.25) is 15.9 Å². The number of carbonyl (C=O) groups is 1. The first-order valence-electron chi connectivity index (χ1n) is 5.83. The van der Waals surface area contributed by atoms with E-state index in [9.17, 15) is 13.2 Å². The first-order chi connectivity index (χ1) is 8.81. The van der Waals surface area contributed by atoms with Crippen molar-refractivity contribution in [2.24, 2.45) is 5.92 Å². The predicted molar refractivity (Wildman–Crippen MR) is 74.5 cm³/mol. The molecule has 1 aromatic rings. The zero-order chi connectivity index (χ0) is 14.5. The lowest BCUT2D eigenvalue weighted by Crippen LogP contribution is -2.38. The molecule has 0 spiro atoms. The quantitative estimate of drug-likeness (QED) is 0.834. The maximum Gasteiger partial charge on any atom is 0.241 e. The lowest BCUT2D eigenvalue weighted by molar-refractivity contribution is -0.120. The van der Waals surface area contributed by atoms with Gasteiger partial charge in [-0.05, 0) is 24.1 Å². The molecule has 0 atom stereocenters. The molecule has 1 aromatic carbocycles. The summed E-state index contributed by atoms with van der Waals surface area (Å²) in [5, 5.41) is 2.95. The molecule has 0 aliphatic rings. The lowest BCUT2D eigenvalue weighted by Gasteiger charge is -2.09. The summed E-state index contributed by atoms with van der Waals surface area (Å²) >= 11 is 5.73. The molecule has 0 aliphatic carbocycles. The number of amides is 1. The van der Waals surface area contributed by atoms with Gasteiger partial charge in [-0.15, -0.1) is 0 Å². The fourth-order valence-corrected chi connectivity index (χ4v) is 2.54. The molecular weight excluding hydrogens is 288 g/mol. The third-order valence-corrected chi connectivity index (χ3v) is 3.87. The van der Waals surface area contributed by atoms with Crippen LogP contribution in [0.3, 0.4) is 0 Å². The first-order valence-corrected chi connectivity index (χ1v) is 7.69. The number of sulfonamides is 1. The van der Waals surface area contributed by atoms with Crippen LogP contribution in [0.25, 0.3) is 0 Å². The van der Waals surface area contributed by atoms with Gasteiger partial charge in [-0.2, -0.15) is 0 Å². The van der Waals surface area contributed by atoms with Crippen LogP contribution in [0.1, 0.15) is 13.8 Å². The number of hydrogen-bond donors (Lipinski definition) is 2. The largest absolute Gasteiger partial charge is 0.355 e. The van der Waals surface area contributed by atoms with Crippen molar-refractivity contribution in [3.05, 3.63) is 29.3 Å². The number of benzene rings is 1. The highest BCUT2D eigenvalue weighted by Gasteiger charge is 2.15. The normalized spacial score (nSPS) is 11.6. The molecule has 0 heterocycles. The number of rotatable bonds is 6. The smallest absolute Gasteiger partial charge is 0.241 e. The number of hydrogen-bond acceptors (Lipinski definition) is 3. The first kappa shape index (κ1) is 15.9. The van der Waals surface area contributed by atoms with Crippen LogP contribution in [0, 0.1) is 5.92 Å². The van der Waals surface area contributed by atoms with E-state index >= 15 is 0 Å². The predicted octanol–water partition coefficient (Wildman–Crippen LogP) is 1.39. The van der Waals surface area contributed by atoms with Crippen LogP contribution >= 0.6 is 11.6 Å². The Balaban J connectivity index is 2.59. The highest BCUT2D eigenvalue weighted by atomic mass is 35.5. The molecule has 0 unspecified atom stereocenters. The summed E-state index contributed by atoms with van der Waals surface area (Å²) in [5.41, 5.74) is 0. The molecule has 5 nitrogen and oxygen atoms in total. The molecule has 1 amide bonds. The average molecular weight is 305 g/mol. The monoisotopic (exact) mass is 304 g/mol. The molecule has 19 heavy (non-hydrogen) atoms. The number of nitrogens with one attached hydrogen (secondary N) is 2. The maximum absolute atomic E-state index is 11.9. The van der Waals surface area contributed by atoms with Crippen molar-refractivity contribution in [1.29, 1.82) is 0 Å². The third-order valence-electron chi connectivity index (χ3n) is 2.24. The van der Waals surface area contributed by atoms with Gasteiger partial charge in [0.05, 0.1) is 11.4 Å². The molecule has 0 aliphatic heterocycles. The second-order valence-corrected chi connectivity index (χ2v) is 6.68. The van der Waals surface area contributed by atoms with Crippen molar-refractivity contribution in [3.8, 4) is 0 Å². The molecule has 106 valence electrons. The molecule has 0 fully saturated rings. The van der Waals surface area contributed by atoms with Gasteiger partial charge in [-0.1, -0.05) is 31.5 Å². The van der Waals surface area contributed by atoms with E-state index in [1.165, 1.54) is 18.2 Å². The van der Waals surface area contributed by atoms with E-state index in [1.807, 2.05) is 13.8 Å². The van der Waals surface area contributed by atoms with Gasteiger partial charge < -0.3 is 5.32 Å². The fourth-order valence-electron chi connectivity index (χ4n) is 1.26. The molecular formula is C12H17ClN2O3S. The average Bonchev–Trinajstić information content (AvgIpc) is 2.34. The Morgan fingerprint density at radius 1 is 1.37 bits per heavy atom. The summed E-state index contributed by atoms with van der Waals surface area (Å²) in [7, 11) is -3.71. The molecule has 0 saturated carbocycles. The van der Waals surface area contributed by atoms with Gasteiger partial charge in [-0.25, -0.2) is 13.1 Å². The van der Waals surface area contributed by atoms with Crippen molar-refractivity contribution >= 4 is 27.5 Å². The highest BCUT2D eigenvalue weighted by molar-refractivity contribution is 7.89. The Hall–Kier alpha value is -1.11. The van der Waals surface area contributed by atoms with E-state index in [0.717, 1.165) is 0 Å². The number of halogens is 1. The minimum atomic E-state index is -3.71. The van der Waals surface area contributed by atoms with Gasteiger partial charge in [-0.3, -0.25) is 4.79 Å². The summed E-state index contributed by atoms with van der Waals surface area (Å²) in [6, 6.07) is 5.86. The summed E-state index contributed by atoms with van der Waals surface area (Å²) in [4.78, 5) is 11.5. The second kappa shape index (κ2) is 6.88. The van der Waals surface area contributed by atoms with Crippen molar-refractivity contribution in [2.45, 2.75) is 18.7 Å². The summed E-state index contributed by atoms with van der Waals surface area (Å²) in [6.07, 6.45) is 0. The van der Waals surface area contributed by atoms with Crippen LogP contribution in [-0.2, 0) is 14.8 Å². The van der Waals surface area contributed by atoms with Gasteiger partial charge in [0.25, 0.3) is 0 Å². The Bertz CT molecular complexity index is 544. The Morgan fingerprint density at radius 3 is 2.63 bits per heavy atom. The topological polar surface area (TPSA) is 75.3 Å². The Kier molecular flexibility index (Phi) is 5.78. The van der Waals surface area contributed by atoms with Crippen molar-refractivity contribution < 1.29 is 13.2 Å². The summed E-state index contributed by atoms with van der Waals surface area (Å²) in [6.45, 7) is 4.13. The standard InChI is InChI=1S/C12H17ClN2O3S/c1-9(2)7-14-12(16)8-15-19(17,18)11-5-3-4-10(13)6-11/h3-6,9,15H,7-8H2,1-2H3,(H,14,16). The molecule has 0 radical (unpaired) electrons. The maximum atomic E-state index is 11.9. The van der Waals surface area contributed by atoms with Gasteiger partial charge >= 0.3 is 0 Å². The van der Waals surface area contributed by atoms with E-state index in [0.29, 0.717) is 17.5 Å². The zero-order valence-corrected chi connectivity index (χ0v) is 12.4. The fraction of sp³-hybridized carbons (Fsp3) is 0.417.